The number of carbonyl (C=O) groups is 1. The summed E-state index contributed by atoms with van der Waals surface area (Å²) in [5.41, 5.74) is 2.34. The minimum Gasteiger partial charge on any atom is -0.493 e. The molecule has 3 rings (SSSR count). The van der Waals surface area contributed by atoms with Gasteiger partial charge in [-0.25, -0.2) is 0 Å². The third-order valence-electron chi connectivity index (χ3n) is 4.75. The van der Waals surface area contributed by atoms with Gasteiger partial charge in [-0.1, -0.05) is 5.16 Å². The molecule has 0 atom stereocenters. The molecule has 0 radical (unpaired) electrons. The van der Waals surface area contributed by atoms with E-state index in [1.807, 2.05) is 18.7 Å². The van der Waals surface area contributed by atoms with E-state index in [1.54, 1.807) is 25.3 Å². The number of hydrogen-bond donors (Lipinski definition) is 0. The summed E-state index contributed by atoms with van der Waals surface area (Å²) in [7, 11) is 3.64. The van der Waals surface area contributed by atoms with Gasteiger partial charge in [0.05, 0.1) is 18.4 Å². The Morgan fingerprint density at radius 2 is 1.92 bits per heavy atom. The van der Waals surface area contributed by atoms with Crippen LogP contribution in [-0.2, 0) is 6.61 Å². The fourth-order valence-corrected chi connectivity index (χ4v) is 2.97. The quantitative estimate of drug-likeness (QED) is 0.816. The van der Waals surface area contributed by atoms with E-state index in [2.05, 4.69) is 17.1 Å². The molecule has 0 aliphatic carbocycles. The van der Waals surface area contributed by atoms with E-state index in [1.165, 1.54) is 0 Å². The molecule has 1 aromatic heterocycles. The number of likely N-dealkylation sites (N-methyl/N-ethyl adjacent to an activating group) is 1. The zero-order chi connectivity index (χ0) is 18.7. The maximum atomic E-state index is 12.7. The van der Waals surface area contributed by atoms with Crippen LogP contribution in [0.4, 0.5) is 0 Å². The van der Waals surface area contributed by atoms with E-state index < -0.39 is 0 Å². The first-order chi connectivity index (χ1) is 12.5. The molecule has 0 unspecified atom stereocenters. The van der Waals surface area contributed by atoms with Crippen molar-refractivity contribution in [1.82, 2.24) is 15.0 Å². The maximum absolute atomic E-state index is 12.7. The number of piperazine rings is 1. The third-order valence-corrected chi connectivity index (χ3v) is 4.75. The molecular weight excluding hydrogens is 334 g/mol. The standard InChI is InChI=1S/C19H25N3O4/c1-13-16(14(2)26-20-13)12-25-17-6-5-15(11-18(17)24-4)19(23)22-9-7-21(3)8-10-22/h5-6,11H,7-10,12H2,1-4H3. The zero-order valence-corrected chi connectivity index (χ0v) is 15.7. The number of carbonyl (C=O) groups excluding carboxylic acids is 1. The van der Waals surface area contributed by atoms with Crippen molar-refractivity contribution in [3.8, 4) is 11.5 Å². The Hall–Kier alpha value is -2.54. The van der Waals surface area contributed by atoms with E-state index in [0.717, 1.165) is 43.2 Å². The minimum atomic E-state index is 0.0219. The van der Waals surface area contributed by atoms with Crippen molar-refractivity contribution in [2.75, 3.05) is 40.3 Å². The third kappa shape index (κ3) is 3.83. The average Bonchev–Trinajstić information content (AvgIpc) is 2.98. The van der Waals surface area contributed by atoms with Gasteiger partial charge in [0.15, 0.2) is 11.5 Å². The molecule has 140 valence electrons. The zero-order valence-electron chi connectivity index (χ0n) is 15.7. The van der Waals surface area contributed by atoms with Gasteiger partial charge in [0.25, 0.3) is 5.91 Å². The number of aryl methyl sites for hydroxylation is 2. The van der Waals surface area contributed by atoms with Crippen LogP contribution in [0.5, 0.6) is 11.5 Å². The highest BCUT2D eigenvalue weighted by Gasteiger charge is 2.21. The molecule has 7 heteroatoms. The Morgan fingerprint density at radius 1 is 1.19 bits per heavy atom. The predicted molar refractivity (Wildman–Crippen MR) is 96.7 cm³/mol. The van der Waals surface area contributed by atoms with E-state index in [4.69, 9.17) is 14.0 Å². The highest BCUT2D eigenvalue weighted by molar-refractivity contribution is 5.95. The predicted octanol–water partition coefficient (Wildman–Crippen LogP) is 2.27. The lowest BCUT2D eigenvalue weighted by Gasteiger charge is -2.32. The van der Waals surface area contributed by atoms with Crippen LogP contribution in [-0.4, -0.2) is 61.2 Å². The van der Waals surface area contributed by atoms with Crippen molar-refractivity contribution in [3.05, 3.63) is 40.8 Å². The molecule has 1 fully saturated rings. The number of amides is 1. The van der Waals surface area contributed by atoms with Gasteiger partial charge in [0.2, 0.25) is 0 Å². The number of aromatic nitrogens is 1. The van der Waals surface area contributed by atoms with Gasteiger partial charge < -0.3 is 23.8 Å². The van der Waals surface area contributed by atoms with Crippen molar-refractivity contribution >= 4 is 5.91 Å². The molecular formula is C19H25N3O4. The van der Waals surface area contributed by atoms with E-state index in [0.29, 0.717) is 23.7 Å². The molecule has 0 bridgehead atoms. The Kier molecular flexibility index (Phi) is 5.46. The lowest BCUT2D eigenvalue weighted by atomic mass is 10.1. The number of nitrogens with zero attached hydrogens (tertiary/aromatic N) is 3. The monoisotopic (exact) mass is 359 g/mol. The van der Waals surface area contributed by atoms with Crippen LogP contribution < -0.4 is 9.47 Å². The van der Waals surface area contributed by atoms with Crippen LogP contribution in [0.25, 0.3) is 0 Å². The highest BCUT2D eigenvalue weighted by atomic mass is 16.5. The molecule has 1 aromatic carbocycles. The van der Waals surface area contributed by atoms with Crippen LogP contribution in [0.1, 0.15) is 27.4 Å². The first kappa shape index (κ1) is 18.3. The highest BCUT2D eigenvalue weighted by Crippen LogP contribution is 2.30. The molecule has 1 aliphatic heterocycles. The lowest BCUT2D eigenvalue weighted by molar-refractivity contribution is 0.0663. The second kappa shape index (κ2) is 7.78. The van der Waals surface area contributed by atoms with Gasteiger partial charge in [-0.15, -0.1) is 0 Å². The summed E-state index contributed by atoms with van der Waals surface area (Å²) in [6.45, 7) is 7.33. The van der Waals surface area contributed by atoms with Gasteiger partial charge >= 0.3 is 0 Å². The van der Waals surface area contributed by atoms with Crippen LogP contribution in [0, 0.1) is 13.8 Å². The fourth-order valence-electron chi connectivity index (χ4n) is 2.97. The summed E-state index contributed by atoms with van der Waals surface area (Å²) < 4.78 is 16.5. The molecule has 1 aliphatic rings. The van der Waals surface area contributed by atoms with E-state index in [-0.39, 0.29) is 5.91 Å². The number of methoxy groups -OCH3 is 1. The Morgan fingerprint density at radius 3 is 2.54 bits per heavy atom. The normalized spacial score (nSPS) is 15.2. The van der Waals surface area contributed by atoms with Crippen LogP contribution in [0.2, 0.25) is 0 Å². The molecule has 26 heavy (non-hydrogen) atoms. The molecule has 0 N–H and O–H groups in total. The summed E-state index contributed by atoms with van der Waals surface area (Å²) in [6.07, 6.45) is 0. The molecule has 7 nitrogen and oxygen atoms in total. The van der Waals surface area contributed by atoms with Crippen molar-refractivity contribution in [1.29, 1.82) is 0 Å². The number of ether oxygens (including phenoxy) is 2. The second-order valence-corrected chi connectivity index (χ2v) is 6.55. The molecule has 2 aromatic rings. The van der Waals surface area contributed by atoms with Gasteiger partial charge in [-0.2, -0.15) is 0 Å². The van der Waals surface area contributed by atoms with Crippen molar-refractivity contribution < 1.29 is 18.8 Å². The summed E-state index contributed by atoms with van der Waals surface area (Å²) in [5, 5.41) is 3.93. The van der Waals surface area contributed by atoms with Gasteiger partial charge in [0, 0.05) is 31.7 Å². The molecule has 2 heterocycles. The number of benzene rings is 1. The van der Waals surface area contributed by atoms with Crippen LogP contribution in [0.15, 0.2) is 22.7 Å². The number of hydrogen-bond acceptors (Lipinski definition) is 6. The van der Waals surface area contributed by atoms with Gasteiger partial charge in [-0.05, 0) is 39.1 Å². The van der Waals surface area contributed by atoms with Crippen molar-refractivity contribution in [2.24, 2.45) is 0 Å². The molecule has 0 spiro atoms. The minimum absolute atomic E-state index is 0.0219. The second-order valence-electron chi connectivity index (χ2n) is 6.55. The first-order valence-electron chi connectivity index (χ1n) is 8.70. The Bertz CT molecular complexity index is 760. The first-order valence-corrected chi connectivity index (χ1v) is 8.70. The molecule has 0 saturated carbocycles. The van der Waals surface area contributed by atoms with Gasteiger partial charge in [0.1, 0.15) is 12.4 Å². The Balaban J connectivity index is 1.72. The van der Waals surface area contributed by atoms with Crippen LogP contribution >= 0.6 is 0 Å². The molecule has 1 saturated heterocycles. The largest absolute Gasteiger partial charge is 0.493 e. The lowest BCUT2D eigenvalue weighted by Crippen LogP contribution is -2.47. The van der Waals surface area contributed by atoms with Crippen molar-refractivity contribution in [3.63, 3.8) is 0 Å². The van der Waals surface area contributed by atoms with Gasteiger partial charge in [-0.3, -0.25) is 4.79 Å². The fraction of sp³-hybridized carbons (Fsp3) is 0.474. The molecule has 1 amide bonds. The van der Waals surface area contributed by atoms with E-state index >= 15 is 0 Å². The maximum Gasteiger partial charge on any atom is 0.254 e. The topological polar surface area (TPSA) is 68.0 Å². The number of rotatable bonds is 5. The Labute approximate surface area is 153 Å². The SMILES string of the molecule is COc1cc(C(=O)N2CCN(C)CC2)ccc1OCc1c(C)noc1C. The summed E-state index contributed by atoms with van der Waals surface area (Å²) in [6, 6.07) is 5.30. The smallest absolute Gasteiger partial charge is 0.254 e. The summed E-state index contributed by atoms with van der Waals surface area (Å²) >= 11 is 0. The van der Waals surface area contributed by atoms with E-state index in [9.17, 15) is 4.79 Å². The average molecular weight is 359 g/mol. The summed E-state index contributed by atoms with van der Waals surface area (Å²) in [4.78, 5) is 16.8. The van der Waals surface area contributed by atoms with Crippen molar-refractivity contribution in [2.45, 2.75) is 20.5 Å². The summed E-state index contributed by atoms with van der Waals surface area (Å²) in [5.74, 6) is 1.89. The van der Waals surface area contributed by atoms with Crippen LogP contribution in [0.3, 0.4) is 0 Å².